The summed E-state index contributed by atoms with van der Waals surface area (Å²) < 4.78 is 38.4. The largest absolute Gasteiger partial charge is 0.419 e. The minimum Gasteiger partial charge on any atom is -0.366 e. The zero-order chi connectivity index (χ0) is 15.5. The Bertz CT molecular complexity index is 656. The Morgan fingerprint density at radius 1 is 1.24 bits per heavy atom. The first-order valence-corrected chi connectivity index (χ1v) is 6.03. The van der Waals surface area contributed by atoms with Crippen LogP contribution in [0, 0.1) is 0 Å². The predicted molar refractivity (Wildman–Crippen MR) is 71.5 cm³/mol. The molecule has 1 aromatic heterocycles. The van der Waals surface area contributed by atoms with Gasteiger partial charge in [0.05, 0.1) is 5.56 Å². The molecule has 1 aromatic carbocycles. The summed E-state index contributed by atoms with van der Waals surface area (Å²) in [6.07, 6.45) is -3.21. The van der Waals surface area contributed by atoms with Crippen molar-refractivity contribution in [3.05, 3.63) is 59.3 Å². The molecule has 0 aliphatic carbocycles. The van der Waals surface area contributed by atoms with Crippen molar-refractivity contribution in [1.29, 1.82) is 0 Å². The summed E-state index contributed by atoms with van der Waals surface area (Å²) >= 11 is 0. The number of aromatic nitrogens is 1. The first-order valence-electron chi connectivity index (χ1n) is 6.03. The molecule has 0 aliphatic heterocycles. The molecule has 0 atom stereocenters. The van der Waals surface area contributed by atoms with E-state index in [1.54, 1.807) is 12.1 Å². The van der Waals surface area contributed by atoms with Crippen LogP contribution >= 0.6 is 0 Å². The summed E-state index contributed by atoms with van der Waals surface area (Å²) in [7, 11) is 0. The number of pyridine rings is 1. The van der Waals surface area contributed by atoms with Gasteiger partial charge in [-0.15, -0.1) is 0 Å². The van der Waals surface area contributed by atoms with E-state index in [1.807, 2.05) is 0 Å². The Morgan fingerprint density at radius 3 is 2.67 bits per heavy atom. The van der Waals surface area contributed by atoms with Crippen molar-refractivity contribution in [2.24, 2.45) is 5.73 Å². The molecule has 0 saturated carbocycles. The SMILES string of the molecule is NC(=O)c1cccc(CNc2ncccc2C(F)(F)F)c1. The maximum absolute atomic E-state index is 12.8. The second-order valence-electron chi connectivity index (χ2n) is 4.32. The molecule has 110 valence electrons. The molecular weight excluding hydrogens is 283 g/mol. The number of hydrogen-bond acceptors (Lipinski definition) is 3. The van der Waals surface area contributed by atoms with Crippen LogP contribution in [0.2, 0.25) is 0 Å². The van der Waals surface area contributed by atoms with Crippen LogP contribution in [0.25, 0.3) is 0 Å². The molecule has 3 N–H and O–H groups in total. The third-order valence-electron chi connectivity index (χ3n) is 2.78. The first kappa shape index (κ1) is 14.8. The lowest BCUT2D eigenvalue weighted by Crippen LogP contribution is -2.13. The fourth-order valence-corrected chi connectivity index (χ4v) is 1.80. The lowest BCUT2D eigenvalue weighted by Gasteiger charge is -2.13. The Balaban J connectivity index is 2.17. The van der Waals surface area contributed by atoms with E-state index in [1.165, 1.54) is 24.4 Å². The van der Waals surface area contributed by atoms with Crippen LogP contribution in [0.5, 0.6) is 0 Å². The zero-order valence-corrected chi connectivity index (χ0v) is 10.8. The Hall–Kier alpha value is -2.57. The van der Waals surface area contributed by atoms with Gasteiger partial charge in [0.15, 0.2) is 0 Å². The van der Waals surface area contributed by atoms with E-state index in [0.29, 0.717) is 11.1 Å². The Morgan fingerprint density at radius 2 is 2.00 bits per heavy atom. The van der Waals surface area contributed by atoms with Crippen molar-refractivity contribution in [1.82, 2.24) is 4.98 Å². The first-order chi connectivity index (χ1) is 9.88. The van der Waals surface area contributed by atoms with E-state index < -0.39 is 17.6 Å². The second kappa shape index (κ2) is 5.82. The number of nitrogens with two attached hydrogens (primary N) is 1. The minimum atomic E-state index is -4.48. The van der Waals surface area contributed by atoms with Gasteiger partial charge in [0, 0.05) is 18.3 Å². The van der Waals surface area contributed by atoms with Crippen molar-refractivity contribution >= 4 is 11.7 Å². The van der Waals surface area contributed by atoms with Gasteiger partial charge in [-0.3, -0.25) is 4.79 Å². The van der Waals surface area contributed by atoms with Crippen LogP contribution in [0.15, 0.2) is 42.6 Å². The molecule has 0 spiro atoms. The average molecular weight is 295 g/mol. The summed E-state index contributed by atoms with van der Waals surface area (Å²) in [5, 5.41) is 2.62. The molecule has 0 aliphatic rings. The molecule has 0 bridgehead atoms. The highest BCUT2D eigenvalue weighted by atomic mass is 19.4. The molecule has 0 radical (unpaired) electrons. The predicted octanol–water partition coefficient (Wildman–Crippen LogP) is 2.81. The number of rotatable bonds is 4. The molecule has 1 amide bonds. The second-order valence-corrected chi connectivity index (χ2v) is 4.32. The van der Waals surface area contributed by atoms with E-state index in [0.717, 1.165) is 6.07 Å². The maximum atomic E-state index is 12.8. The number of amides is 1. The van der Waals surface area contributed by atoms with Crippen LogP contribution in [-0.4, -0.2) is 10.9 Å². The highest BCUT2D eigenvalue weighted by molar-refractivity contribution is 5.92. The van der Waals surface area contributed by atoms with Gasteiger partial charge in [-0.1, -0.05) is 12.1 Å². The number of anilines is 1. The number of carbonyl (C=O) groups excluding carboxylic acids is 1. The van der Waals surface area contributed by atoms with E-state index >= 15 is 0 Å². The normalized spacial score (nSPS) is 11.2. The van der Waals surface area contributed by atoms with E-state index in [9.17, 15) is 18.0 Å². The highest BCUT2D eigenvalue weighted by Crippen LogP contribution is 2.33. The van der Waals surface area contributed by atoms with Crippen LogP contribution in [-0.2, 0) is 12.7 Å². The zero-order valence-electron chi connectivity index (χ0n) is 10.8. The van der Waals surface area contributed by atoms with Crippen molar-refractivity contribution in [3.8, 4) is 0 Å². The monoisotopic (exact) mass is 295 g/mol. The number of hydrogen-bond donors (Lipinski definition) is 2. The molecule has 2 rings (SSSR count). The number of nitrogens with zero attached hydrogens (tertiary/aromatic N) is 1. The van der Waals surface area contributed by atoms with Gasteiger partial charge in [0.1, 0.15) is 5.82 Å². The van der Waals surface area contributed by atoms with Crippen LogP contribution in [0.3, 0.4) is 0 Å². The van der Waals surface area contributed by atoms with Crippen LogP contribution in [0.4, 0.5) is 19.0 Å². The summed E-state index contributed by atoms with van der Waals surface area (Å²) in [6.45, 7) is 0.0984. The van der Waals surface area contributed by atoms with E-state index in [4.69, 9.17) is 5.73 Å². The number of carbonyl (C=O) groups is 1. The summed E-state index contributed by atoms with van der Waals surface area (Å²) in [5.41, 5.74) is 5.24. The molecule has 0 saturated heterocycles. The van der Waals surface area contributed by atoms with Crippen LogP contribution in [0.1, 0.15) is 21.5 Å². The van der Waals surface area contributed by atoms with Crippen molar-refractivity contribution in [2.75, 3.05) is 5.32 Å². The Labute approximate surface area is 118 Å². The lowest BCUT2D eigenvalue weighted by atomic mass is 10.1. The third-order valence-corrected chi connectivity index (χ3v) is 2.78. The third kappa shape index (κ3) is 3.71. The molecule has 21 heavy (non-hydrogen) atoms. The fourth-order valence-electron chi connectivity index (χ4n) is 1.80. The number of halogens is 3. The number of primary amides is 1. The van der Waals surface area contributed by atoms with Gasteiger partial charge >= 0.3 is 6.18 Å². The molecule has 1 heterocycles. The summed E-state index contributed by atoms with van der Waals surface area (Å²) in [6, 6.07) is 8.52. The average Bonchev–Trinajstić information content (AvgIpc) is 2.45. The van der Waals surface area contributed by atoms with Crippen molar-refractivity contribution < 1.29 is 18.0 Å². The molecule has 0 fully saturated rings. The van der Waals surface area contributed by atoms with Gasteiger partial charge in [0.2, 0.25) is 5.91 Å². The number of alkyl halides is 3. The van der Waals surface area contributed by atoms with E-state index in [2.05, 4.69) is 10.3 Å². The van der Waals surface area contributed by atoms with Crippen molar-refractivity contribution in [3.63, 3.8) is 0 Å². The highest BCUT2D eigenvalue weighted by Gasteiger charge is 2.33. The van der Waals surface area contributed by atoms with Gasteiger partial charge in [-0.05, 0) is 29.8 Å². The molecule has 7 heteroatoms. The summed E-state index contributed by atoms with van der Waals surface area (Å²) in [4.78, 5) is 14.7. The fraction of sp³-hybridized carbons (Fsp3) is 0.143. The standard InChI is InChI=1S/C14H12F3N3O/c15-14(16,17)11-5-2-6-19-13(11)20-8-9-3-1-4-10(7-9)12(18)21/h1-7H,8H2,(H2,18,21)(H,19,20). The number of nitrogens with one attached hydrogen (secondary N) is 1. The maximum Gasteiger partial charge on any atom is 0.419 e. The van der Waals surface area contributed by atoms with E-state index in [-0.39, 0.29) is 12.4 Å². The number of benzene rings is 1. The topological polar surface area (TPSA) is 68.0 Å². The van der Waals surface area contributed by atoms with Crippen molar-refractivity contribution in [2.45, 2.75) is 12.7 Å². The Kier molecular flexibility index (Phi) is 4.11. The van der Waals surface area contributed by atoms with Gasteiger partial charge < -0.3 is 11.1 Å². The minimum absolute atomic E-state index is 0.0984. The molecule has 2 aromatic rings. The lowest BCUT2D eigenvalue weighted by molar-refractivity contribution is -0.137. The van der Waals surface area contributed by atoms with Gasteiger partial charge in [0.25, 0.3) is 0 Å². The molecular formula is C14H12F3N3O. The molecule has 4 nitrogen and oxygen atoms in total. The van der Waals surface area contributed by atoms with Crippen LogP contribution < -0.4 is 11.1 Å². The molecule has 0 unspecified atom stereocenters. The van der Waals surface area contributed by atoms with Gasteiger partial charge in [-0.2, -0.15) is 13.2 Å². The summed E-state index contributed by atoms with van der Waals surface area (Å²) in [5.74, 6) is -0.847. The smallest absolute Gasteiger partial charge is 0.366 e. The van der Waals surface area contributed by atoms with Gasteiger partial charge in [-0.25, -0.2) is 4.98 Å². The quantitative estimate of drug-likeness (QED) is 0.911.